The molecule has 0 fully saturated rings. The Morgan fingerprint density at radius 2 is 1.17 bits per heavy atom. The van der Waals surface area contributed by atoms with Crippen LogP contribution < -0.4 is 0 Å². The summed E-state index contributed by atoms with van der Waals surface area (Å²) in [6, 6.07) is 0. The van der Waals surface area contributed by atoms with Gasteiger partial charge in [0.15, 0.2) is 0 Å². The van der Waals surface area contributed by atoms with Crippen molar-refractivity contribution in [2.45, 2.75) is 0 Å². The van der Waals surface area contributed by atoms with E-state index in [9.17, 15) is 0 Å². The van der Waals surface area contributed by atoms with Crippen molar-refractivity contribution in [3.8, 4) is 0 Å². The predicted molar refractivity (Wildman–Crippen MR) is 5.81 cm³/mol. The van der Waals surface area contributed by atoms with Crippen LogP contribution in [0.2, 0.25) is 0 Å². The van der Waals surface area contributed by atoms with Gasteiger partial charge in [0, 0.05) is 17.1 Å². The Morgan fingerprint density at radius 1 is 1.17 bits per heavy atom. The fourth-order valence-electron chi connectivity index (χ4n) is 0. The Morgan fingerprint density at radius 3 is 1.17 bits per heavy atom. The van der Waals surface area contributed by atoms with Gasteiger partial charge in [-0.2, -0.15) is 0 Å². The molecule has 0 rings (SSSR count). The van der Waals surface area contributed by atoms with Gasteiger partial charge in [-0.15, -0.1) is 0 Å². The molecule has 0 bridgehead atoms. The van der Waals surface area contributed by atoms with E-state index in [0.717, 1.165) is 0 Å². The summed E-state index contributed by atoms with van der Waals surface area (Å²) in [5.41, 5.74) is 0. The molecule has 4 nitrogen and oxygen atoms in total. The Labute approximate surface area is 47.0 Å². The van der Waals surface area contributed by atoms with Crippen LogP contribution in [0.1, 0.15) is 0 Å². The fourth-order valence-corrected chi connectivity index (χ4v) is 0. The van der Waals surface area contributed by atoms with Gasteiger partial charge in [0.25, 0.3) is 0 Å². The normalized spacial score (nSPS) is 9.67. The number of hydrogen-bond donors (Lipinski definition) is 2. The van der Waals surface area contributed by atoms with Gasteiger partial charge in [-0.1, -0.05) is 0 Å². The number of rotatable bonds is 0. The quantitative estimate of drug-likeness (QED) is 0.453. The monoisotopic (exact) mass is 181 g/mol. The van der Waals surface area contributed by atoms with E-state index < -0.39 is 13.6 Å². The summed E-state index contributed by atoms with van der Waals surface area (Å²) in [6.07, 6.45) is 0. The van der Waals surface area contributed by atoms with Gasteiger partial charge in [-0.05, 0) is 0 Å². The molecule has 0 spiro atoms. The molecule has 0 amide bonds. The maximum atomic E-state index is 8.82. The van der Waals surface area contributed by atoms with Crippen LogP contribution in [0.25, 0.3) is 0 Å². The summed E-state index contributed by atoms with van der Waals surface area (Å²) in [5.74, 6) is 0. The molecule has 0 aromatic rings. The zero-order valence-electron chi connectivity index (χ0n) is 2.42. The first kappa shape index (κ1) is 9.76. The first-order chi connectivity index (χ1) is 2.00. The molecule has 0 heterocycles. The first-order valence-electron chi connectivity index (χ1n) is 0.698. The molecule has 6 heavy (non-hydrogen) atoms. The second-order valence-corrected chi connectivity index (χ2v) is 1.85. The van der Waals surface area contributed by atoms with E-state index in [-0.39, 0.29) is 17.1 Å². The molecule has 1 radical (unpaired) electrons. The van der Waals surface area contributed by atoms with Crippen molar-refractivity contribution >= 4 is 0 Å². The van der Waals surface area contributed by atoms with Crippen molar-refractivity contribution in [2.75, 3.05) is 0 Å². The van der Waals surface area contributed by atoms with E-state index in [1.165, 1.54) is 0 Å². The van der Waals surface area contributed by atoms with Gasteiger partial charge in [0.2, 0.25) is 0 Å². The van der Waals surface area contributed by atoms with Crippen LogP contribution in [0.4, 0.5) is 0 Å². The summed E-state index contributed by atoms with van der Waals surface area (Å²) in [5, 5.41) is 0. The third kappa shape index (κ3) is 178. The van der Waals surface area contributed by atoms with E-state index >= 15 is 0 Å². The second kappa shape index (κ2) is 2.70. The predicted octanol–water partition coefficient (Wildman–Crippen LogP) is -1.36. The summed E-state index contributed by atoms with van der Waals surface area (Å²) in [6.45, 7) is 0. The minimum absolute atomic E-state index is 0. The molecular formula is H2CrCuO4. The second-order valence-electron chi connectivity index (χ2n) is 0.448. The molecular weight excluding hydrogens is 180 g/mol. The molecule has 43 valence electrons. The molecule has 2 N–H and O–H groups in total. The van der Waals surface area contributed by atoms with Crippen LogP contribution in [0.5, 0.6) is 0 Å². The Bertz CT molecular complexity index is 90.7. The van der Waals surface area contributed by atoms with Crippen molar-refractivity contribution in [1.82, 2.24) is 0 Å². The van der Waals surface area contributed by atoms with E-state index in [1.807, 2.05) is 0 Å². The molecule has 0 aliphatic carbocycles. The summed E-state index contributed by atoms with van der Waals surface area (Å²) in [4.78, 5) is 0. The molecule has 0 aliphatic heterocycles. The van der Waals surface area contributed by atoms with Gasteiger partial charge in [-0.25, -0.2) is 0 Å². The molecule has 0 aromatic heterocycles. The van der Waals surface area contributed by atoms with E-state index in [4.69, 9.17) is 15.9 Å². The number of hydrogen-bond acceptors (Lipinski definition) is 2. The van der Waals surface area contributed by atoms with Gasteiger partial charge >= 0.3 is 29.5 Å². The Kier molecular flexibility index (Phi) is 4.39. The topological polar surface area (TPSA) is 74.6 Å². The van der Waals surface area contributed by atoms with Gasteiger partial charge in [0.05, 0.1) is 0 Å². The van der Waals surface area contributed by atoms with Crippen LogP contribution in [-0.2, 0) is 38.3 Å². The van der Waals surface area contributed by atoms with E-state index in [2.05, 4.69) is 0 Å². The fraction of sp³-hybridized carbons (Fsp3) is 0. The summed E-state index contributed by atoms with van der Waals surface area (Å²) in [7, 11) is 0. The van der Waals surface area contributed by atoms with Crippen molar-refractivity contribution < 1.29 is 46.6 Å². The summed E-state index contributed by atoms with van der Waals surface area (Å²) < 4.78 is 31.9. The Balaban J connectivity index is 0. The molecule has 6 heteroatoms. The van der Waals surface area contributed by atoms with Gasteiger partial charge < -0.3 is 0 Å². The van der Waals surface area contributed by atoms with Crippen molar-refractivity contribution in [3.05, 3.63) is 0 Å². The van der Waals surface area contributed by atoms with Crippen LogP contribution in [0, 0.1) is 0 Å². The van der Waals surface area contributed by atoms with Crippen molar-refractivity contribution in [1.29, 1.82) is 0 Å². The molecule has 0 atom stereocenters. The molecule has 0 aromatic carbocycles. The van der Waals surface area contributed by atoms with Crippen LogP contribution in [-0.4, -0.2) is 8.32 Å². The molecule has 0 aliphatic rings. The average molecular weight is 182 g/mol. The third-order valence-corrected chi connectivity index (χ3v) is 0. The molecule has 0 unspecified atom stereocenters. The molecule has 0 saturated heterocycles. The summed E-state index contributed by atoms with van der Waals surface area (Å²) >= 11 is -5.25. The molecule has 0 saturated carbocycles. The maximum absolute atomic E-state index is 8.82. The first-order valence-corrected chi connectivity index (χ1v) is 2.88. The van der Waals surface area contributed by atoms with Crippen LogP contribution in [0.15, 0.2) is 0 Å². The van der Waals surface area contributed by atoms with E-state index in [1.54, 1.807) is 0 Å². The van der Waals surface area contributed by atoms with Crippen molar-refractivity contribution in [3.63, 3.8) is 0 Å². The zero-order valence-corrected chi connectivity index (χ0v) is 4.64. The Hall–Kier alpha value is 0.572. The van der Waals surface area contributed by atoms with Gasteiger partial charge in [0.1, 0.15) is 0 Å². The van der Waals surface area contributed by atoms with E-state index in [0.29, 0.717) is 0 Å². The van der Waals surface area contributed by atoms with Gasteiger partial charge in [-0.3, -0.25) is 0 Å². The van der Waals surface area contributed by atoms with Crippen molar-refractivity contribution in [2.24, 2.45) is 0 Å². The zero-order chi connectivity index (χ0) is 4.50. The SMILES string of the molecule is [Cu].[O]=[Cr](=[O])([OH])[OH]. The van der Waals surface area contributed by atoms with Crippen LogP contribution in [0.3, 0.4) is 0 Å². The standard InChI is InChI=1S/Cr.Cu.2H2O.2O/h;;2*1H2;;/q+2;;;;;/p-2. The van der Waals surface area contributed by atoms with Crippen LogP contribution >= 0.6 is 0 Å². The third-order valence-electron chi connectivity index (χ3n) is 0. The average Bonchev–Trinajstić information content (AvgIpc) is 0.722. The minimum atomic E-state index is -5.25.